The highest BCUT2D eigenvalue weighted by molar-refractivity contribution is 7.39. The van der Waals surface area contributed by atoms with Gasteiger partial charge in [0.2, 0.25) is 11.8 Å². The summed E-state index contributed by atoms with van der Waals surface area (Å²) in [5.41, 5.74) is 6.75. The van der Waals surface area contributed by atoms with Crippen molar-refractivity contribution in [3.05, 3.63) is 6.33 Å². The first-order valence-corrected chi connectivity index (χ1v) is 10.7. The first kappa shape index (κ1) is 25.1. The zero-order chi connectivity index (χ0) is 23.0. The van der Waals surface area contributed by atoms with Crippen molar-refractivity contribution < 1.29 is 38.4 Å². The van der Waals surface area contributed by atoms with Crippen LogP contribution in [0, 0.1) is 5.92 Å². The van der Waals surface area contributed by atoms with E-state index in [1.807, 2.05) is 6.92 Å². The Morgan fingerprint density at radius 2 is 2.16 bits per heavy atom. The van der Waals surface area contributed by atoms with Gasteiger partial charge >= 0.3 is 14.6 Å². The Balaban J connectivity index is 0.000000366. The van der Waals surface area contributed by atoms with Gasteiger partial charge in [-0.05, 0) is 13.3 Å². The molecule has 3 heterocycles. The van der Waals surface area contributed by atoms with Gasteiger partial charge in [0, 0.05) is 5.92 Å². The molecule has 0 saturated carbocycles. The van der Waals surface area contributed by atoms with E-state index in [4.69, 9.17) is 34.6 Å². The van der Waals surface area contributed by atoms with E-state index in [0.717, 1.165) is 0 Å². The lowest BCUT2D eigenvalue weighted by atomic mass is 10.1. The van der Waals surface area contributed by atoms with Crippen molar-refractivity contribution in [2.45, 2.75) is 39.0 Å². The number of anilines is 1. The third kappa shape index (κ3) is 6.92. The molecule has 5 N–H and O–H groups in total. The van der Waals surface area contributed by atoms with Crippen molar-refractivity contribution in [3.63, 3.8) is 0 Å². The van der Waals surface area contributed by atoms with Gasteiger partial charge in [-0.15, -0.1) is 0 Å². The fourth-order valence-corrected chi connectivity index (χ4v) is 3.37. The number of aromatic nitrogens is 4. The molecular weight excluding hydrogens is 433 g/mol. The first-order valence-electron chi connectivity index (χ1n) is 9.57. The number of ether oxygens (including phenoxy) is 3. The number of carbonyl (C=O) groups excluding carboxylic acids is 1. The van der Waals surface area contributed by atoms with Crippen LogP contribution < -0.4 is 10.5 Å². The van der Waals surface area contributed by atoms with Crippen LogP contribution in [-0.2, 0) is 18.8 Å². The number of nitrogens with zero attached hydrogens (tertiary/aromatic N) is 4. The van der Waals surface area contributed by atoms with Crippen LogP contribution in [0.5, 0.6) is 5.88 Å². The lowest BCUT2D eigenvalue weighted by Crippen LogP contribution is -2.16. The number of methoxy groups -OCH3 is 1. The monoisotopic (exact) mass is 461 g/mol. The summed E-state index contributed by atoms with van der Waals surface area (Å²) in [7, 11) is -0.892. The number of aliphatic hydroxyl groups excluding tert-OH is 1. The van der Waals surface area contributed by atoms with Gasteiger partial charge in [0.05, 0.1) is 45.8 Å². The summed E-state index contributed by atoms with van der Waals surface area (Å²) in [5.74, 6) is 0.220. The third-order valence-corrected chi connectivity index (χ3v) is 4.70. The van der Waals surface area contributed by atoms with E-state index in [0.29, 0.717) is 30.1 Å². The van der Waals surface area contributed by atoms with Crippen molar-refractivity contribution in [2.24, 2.45) is 5.92 Å². The maximum absolute atomic E-state index is 10.3. The van der Waals surface area contributed by atoms with Crippen molar-refractivity contribution in [3.8, 4) is 5.88 Å². The second-order valence-corrected chi connectivity index (χ2v) is 7.37. The van der Waals surface area contributed by atoms with Gasteiger partial charge in [0.25, 0.3) is 0 Å². The van der Waals surface area contributed by atoms with Gasteiger partial charge < -0.3 is 39.4 Å². The average Bonchev–Trinajstić information content (AvgIpc) is 3.29. The fourth-order valence-electron chi connectivity index (χ4n) is 3.07. The Kier molecular flexibility index (Phi) is 9.75. The summed E-state index contributed by atoms with van der Waals surface area (Å²) in [6.45, 7) is 4.14. The number of imidazole rings is 1. The normalized spacial score (nSPS) is 20.5. The molecule has 1 saturated heterocycles. The van der Waals surface area contributed by atoms with Crippen molar-refractivity contribution in [1.82, 2.24) is 19.5 Å². The van der Waals surface area contributed by atoms with Crippen molar-refractivity contribution in [1.29, 1.82) is 0 Å². The molecule has 1 aliphatic heterocycles. The summed E-state index contributed by atoms with van der Waals surface area (Å²) >= 11 is 0. The highest BCUT2D eigenvalue weighted by Crippen LogP contribution is 2.38. The van der Waals surface area contributed by atoms with Crippen LogP contribution in [0.25, 0.3) is 11.2 Å². The van der Waals surface area contributed by atoms with Gasteiger partial charge in [-0.3, -0.25) is 9.36 Å². The molecule has 2 aromatic rings. The predicted molar refractivity (Wildman–Crippen MR) is 110 cm³/mol. The van der Waals surface area contributed by atoms with Crippen LogP contribution in [0.4, 0.5) is 5.95 Å². The lowest BCUT2D eigenvalue weighted by Gasteiger charge is -2.17. The van der Waals surface area contributed by atoms with Crippen LogP contribution in [0.15, 0.2) is 6.33 Å². The second-order valence-electron chi connectivity index (χ2n) is 6.60. The largest absolute Gasteiger partial charge is 0.479 e. The van der Waals surface area contributed by atoms with Crippen LogP contribution in [0.1, 0.15) is 32.9 Å². The molecule has 0 radical (unpaired) electrons. The van der Waals surface area contributed by atoms with Crippen LogP contribution in [0.2, 0.25) is 0 Å². The molecule has 0 aliphatic carbocycles. The summed E-state index contributed by atoms with van der Waals surface area (Å²) in [6.07, 6.45) is 1.88. The number of fused-ring (bicyclic) bond motifs is 1. The molecule has 0 amide bonds. The molecule has 1 fully saturated rings. The Labute approximate surface area is 180 Å². The molecule has 0 spiro atoms. The molecule has 2 aromatic heterocycles. The standard InChI is InChI=1S/C12H18N5O5P.C5H10O3/c1-6-3-7(4-21-23(18)19)22-11(6)17-5-14-8-9(17)15-12(13)16-10(8)20-2;1-2-8-5(7)3-4-6/h5-7,11,18-19H,3-4H2,1-2H3,(H2,13,15,16);6H,2-4H2,1H3. The minimum Gasteiger partial charge on any atom is -0.479 e. The Hall–Kier alpha value is -2.15. The number of esters is 1. The van der Waals surface area contributed by atoms with Gasteiger partial charge in [0.15, 0.2) is 11.2 Å². The van der Waals surface area contributed by atoms with Crippen LogP contribution >= 0.6 is 8.60 Å². The van der Waals surface area contributed by atoms with E-state index in [2.05, 4.69) is 19.7 Å². The molecule has 0 aromatic carbocycles. The van der Waals surface area contributed by atoms with E-state index >= 15 is 0 Å². The number of nitrogen functional groups attached to an aromatic ring is 1. The fraction of sp³-hybridized carbons (Fsp3) is 0.647. The zero-order valence-electron chi connectivity index (χ0n) is 17.5. The number of rotatable bonds is 8. The van der Waals surface area contributed by atoms with Crippen molar-refractivity contribution >= 4 is 31.7 Å². The van der Waals surface area contributed by atoms with Gasteiger partial charge in [-0.25, -0.2) is 4.98 Å². The summed E-state index contributed by atoms with van der Waals surface area (Å²) in [5, 5.41) is 8.16. The lowest BCUT2D eigenvalue weighted by molar-refractivity contribution is -0.143. The number of aliphatic hydroxyl groups is 1. The van der Waals surface area contributed by atoms with Gasteiger partial charge in [0.1, 0.15) is 6.23 Å². The Bertz CT molecular complexity index is 843. The summed E-state index contributed by atoms with van der Waals surface area (Å²) < 4.78 is 22.2. The SMILES string of the molecule is CCOC(=O)CCO.COc1nc(N)nc2c1ncn2C1OC(COP(O)O)CC1C. The minimum absolute atomic E-state index is 0.0906. The average molecular weight is 461 g/mol. The van der Waals surface area contributed by atoms with Crippen LogP contribution in [0.3, 0.4) is 0 Å². The van der Waals surface area contributed by atoms with E-state index in [-0.39, 0.29) is 49.8 Å². The zero-order valence-corrected chi connectivity index (χ0v) is 18.4. The molecule has 31 heavy (non-hydrogen) atoms. The molecule has 13 nitrogen and oxygen atoms in total. The quantitative estimate of drug-likeness (QED) is 0.316. The highest BCUT2D eigenvalue weighted by Gasteiger charge is 2.35. The maximum atomic E-state index is 10.3. The Morgan fingerprint density at radius 1 is 1.42 bits per heavy atom. The predicted octanol–water partition coefficient (Wildman–Crippen LogP) is 0.501. The number of hydrogen-bond donors (Lipinski definition) is 4. The molecule has 174 valence electrons. The van der Waals surface area contributed by atoms with Gasteiger partial charge in [-0.1, -0.05) is 6.92 Å². The maximum Gasteiger partial charge on any atom is 0.327 e. The molecule has 3 rings (SSSR count). The highest BCUT2D eigenvalue weighted by atomic mass is 31.2. The smallest absolute Gasteiger partial charge is 0.327 e. The Morgan fingerprint density at radius 3 is 2.77 bits per heavy atom. The summed E-state index contributed by atoms with van der Waals surface area (Å²) in [6, 6.07) is 0. The minimum atomic E-state index is -2.38. The molecule has 1 aliphatic rings. The molecule has 3 unspecified atom stereocenters. The second kappa shape index (κ2) is 12.0. The van der Waals surface area contributed by atoms with Crippen molar-refractivity contribution in [2.75, 3.05) is 32.7 Å². The topological polar surface area (TPSA) is 184 Å². The van der Waals surface area contributed by atoms with E-state index < -0.39 is 8.60 Å². The van der Waals surface area contributed by atoms with E-state index in [1.54, 1.807) is 17.8 Å². The summed E-state index contributed by atoms with van der Waals surface area (Å²) in [4.78, 5) is 40.4. The third-order valence-electron chi connectivity index (χ3n) is 4.32. The molecule has 3 atom stereocenters. The number of hydrogen-bond acceptors (Lipinski definition) is 12. The molecule has 0 bridgehead atoms. The van der Waals surface area contributed by atoms with Crippen LogP contribution in [-0.4, -0.2) is 73.4 Å². The van der Waals surface area contributed by atoms with Gasteiger partial charge in [-0.2, -0.15) is 9.97 Å². The van der Waals surface area contributed by atoms with E-state index in [1.165, 1.54) is 7.11 Å². The molecular formula is C17H28N5O8P. The number of nitrogens with two attached hydrogens (primary N) is 1. The van der Waals surface area contributed by atoms with E-state index in [9.17, 15) is 4.79 Å². The first-order chi connectivity index (χ1) is 14.8. The molecule has 14 heteroatoms. The number of carbonyl (C=O) groups is 1.